The van der Waals surface area contributed by atoms with Crippen molar-refractivity contribution >= 4 is 43.3 Å². The van der Waals surface area contributed by atoms with Crippen molar-refractivity contribution in [2.45, 2.75) is 16.1 Å². The molecule has 0 saturated heterocycles. The zero-order valence-corrected chi connectivity index (χ0v) is 28.7. The lowest BCUT2D eigenvalue weighted by molar-refractivity contribution is 0.881. The molecule has 0 saturated carbocycles. The summed E-state index contributed by atoms with van der Waals surface area (Å²) in [6.45, 7) is 0. The topological polar surface area (TPSA) is 25.8 Å². The predicted octanol–water partition coefficient (Wildman–Crippen LogP) is 12.9. The van der Waals surface area contributed by atoms with Crippen LogP contribution in [0, 0.1) is 0 Å². The van der Waals surface area contributed by atoms with E-state index in [-0.39, 0.29) is 0 Å². The van der Waals surface area contributed by atoms with Crippen molar-refractivity contribution < 1.29 is 0 Å². The van der Waals surface area contributed by atoms with E-state index in [9.17, 15) is 0 Å². The maximum absolute atomic E-state index is 5.27. The molecule has 2 aromatic heterocycles. The van der Waals surface area contributed by atoms with Gasteiger partial charge in [0.15, 0.2) is 5.82 Å². The largest absolute Gasteiger partial charge is 0.228 e. The predicted molar refractivity (Wildman–Crippen MR) is 213 cm³/mol. The van der Waals surface area contributed by atoms with Crippen LogP contribution in [0.3, 0.4) is 0 Å². The average Bonchev–Trinajstić information content (AvgIpc) is 3.77. The Kier molecular flexibility index (Phi) is 7.11. The second kappa shape index (κ2) is 12.1. The van der Waals surface area contributed by atoms with Gasteiger partial charge in [-0.05, 0) is 58.1 Å². The number of thioether (sulfide) groups is 1. The molecule has 0 radical (unpaired) electrons. The van der Waals surface area contributed by atoms with E-state index in [0.717, 1.165) is 33.9 Å². The Balaban J connectivity index is 1.23. The first-order chi connectivity index (χ1) is 24.8. The highest BCUT2D eigenvalue weighted by molar-refractivity contribution is 8.00. The van der Waals surface area contributed by atoms with Gasteiger partial charge in [-0.2, -0.15) is 0 Å². The van der Waals surface area contributed by atoms with Crippen molar-refractivity contribution in [1.82, 2.24) is 9.97 Å². The molecule has 6 aromatic carbocycles. The van der Waals surface area contributed by atoms with Crippen LogP contribution in [-0.4, -0.2) is 15.2 Å². The highest BCUT2D eigenvalue weighted by Crippen LogP contribution is 2.52. The zero-order chi connectivity index (χ0) is 33.0. The summed E-state index contributed by atoms with van der Waals surface area (Å²) in [5, 5.41) is 3.03. The Morgan fingerprint density at radius 3 is 1.96 bits per heavy atom. The van der Waals surface area contributed by atoms with Crippen LogP contribution in [0.5, 0.6) is 0 Å². The lowest BCUT2D eigenvalue weighted by atomic mass is 9.89. The quantitative estimate of drug-likeness (QED) is 0.182. The smallest absolute Gasteiger partial charge is 0.160 e. The third-order valence-electron chi connectivity index (χ3n) is 9.83. The summed E-state index contributed by atoms with van der Waals surface area (Å²) in [4.78, 5) is 11.7. The van der Waals surface area contributed by atoms with E-state index in [1.165, 1.54) is 52.9 Å². The monoisotopic (exact) mass is 674 g/mol. The third kappa shape index (κ3) is 5.03. The lowest BCUT2D eigenvalue weighted by Gasteiger charge is -2.15. The molecule has 0 bridgehead atoms. The molecule has 2 nitrogen and oxygen atoms in total. The second-order valence-corrected chi connectivity index (χ2v) is 15.1. The van der Waals surface area contributed by atoms with Gasteiger partial charge >= 0.3 is 0 Å². The van der Waals surface area contributed by atoms with Crippen LogP contribution in [0.25, 0.3) is 76.3 Å². The molecule has 8 aromatic rings. The number of benzene rings is 6. The van der Waals surface area contributed by atoms with Gasteiger partial charge in [0.2, 0.25) is 0 Å². The highest BCUT2D eigenvalue weighted by atomic mass is 32.2. The Labute approximate surface area is 299 Å². The van der Waals surface area contributed by atoms with Crippen molar-refractivity contribution in [3.05, 3.63) is 175 Å². The Morgan fingerprint density at radius 1 is 0.480 bits per heavy atom. The molecular weight excluding hydrogens is 645 g/mol. The van der Waals surface area contributed by atoms with E-state index in [2.05, 4.69) is 146 Å². The molecule has 10 rings (SSSR count). The lowest BCUT2D eigenvalue weighted by Crippen LogP contribution is -2.06. The van der Waals surface area contributed by atoms with Crippen LogP contribution in [0.1, 0.15) is 11.5 Å². The van der Waals surface area contributed by atoms with E-state index >= 15 is 0 Å². The van der Waals surface area contributed by atoms with Gasteiger partial charge in [-0.1, -0.05) is 140 Å². The van der Waals surface area contributed by atoms with Gasteiger partial charge in [0, 0.05) is 52.9 Å². The van der Waals surface area contributed by atoms with Gasteiger partial charge < -0.3 is 0 Å². The van der Waals surface area contributed by atoms with Crippen LogP contribution in [0.4, 0.5) is 0 Å². The normalized spacial score (nSPS) is 16.2. The minimum Gasteiger partial charge on any atom is -0.228 e. The molecule has 236 valence electrons. The fourth-order valence-electron chi connectivity index (χ4n) is 7.42. The molecule has 50 heavy (non-hydrogen) atoms. The SMILES string of the molecule is C1=CC2Sc3c(-c4cc(-c5cc(-c6ccccc6)nc(-c6ccccc6)n5)cc(-c5cccc6c5sc5ccccc56)c4)cccc3C2C=C1. The number of nitrogens with zero attached hydrogens (tertiary/aromatic N) is 2. The van der Waals surface area contributed by atoms with Gasteiger partial charge in [0.25, 0.3) is 0 Å². The van der Waals surface area contributed by atoms with Crippen LogP contribution in [-0.2, 0) is 0 Å². The van der Waals surface area contributed by atoms with Crippen LogP contribution < -0.4 is 0 Å². The highest BCUT2D eigenvalue weighted by Gasteiger charge is 2.33. The fourth-order valence-corrected chi connectivity index (χ4v) is 10.1. The number of thiophene rings is 1. The summed E-state index contributed by atoms with van der Waals surface area (Å²) in [5.41, 5.74) is 11.3. The van der Waals surface area contributed by atoms with Crippen molar-refractivity contribution in [2.24, 2.45) is 0 Å². The Hall–Kier alpha value is -5.55. The van der Waals surface area contributed by atoms with Crippen LogP contribution >= 0.6 is 23.1 Å². The molecule has 0 amide bonds. The standard InChI is InChI=1S/C46H30N2S2/c1-3-13-29(14-4-1)40-28-41(48-46(47-40)30-15-5-2-6-16-30)33-26-31(34-19-11-21-38-36-17-7-9-23-42(36)49-44(34)38)25-32(27-33)35-20-12-22-39-37-18-8-10-24-43(37)50-45(35)39/h1-28,36,42H. The van der Waals surface area contributed by atoms with Gasteiger partial charge in [0.1, 0.15) is 0 Å². The maximum Gasteiger partial charge on any atom is 0.160 e. The molecule has 2 aliphatic rings. The second-order valence-electron chi connectivity index (χ2n) is 12.9. The Bertz CT molecular complexity index is 2580. The van der Waals surface area contributed by atoms with E-state index in [0.29, 0.717) is 11.2 Å². The van der Waals surface area contributed by atoms with E-state index < -0.39 is 0 Å². The van der Waals surface area contributed by atoms with Crippen molar-refractivity contribution in [3.63, 3.8) is 0 Å². The van der Waals surface area contributed by atoms with Gasteiger partial charge in [0.05, 0.1) is 11.4 Å². The van der Waals surface area contributed by atoms with E-state index in [4.69, 9.17) is 9.97 Å². The molecular formula is C46H30N2S2. The zero-order valence-electron chi connectivity index (χ0n) is 27.0. The van der Waals surface area contributed by atoms with Crippen LogP contribution in [0.15, 0.2) is 175 Å². The summed E-state index contributed by atoms with van der Waals surface area (Å²) < 4.78 is 2.62. The molecule has 4 heteroatoms. The average molecular weight is 675 g/mol. The number of hydrogen-bond donors (Lipinski definition) is 0. The minimum atomic E-state index is 0.402. The van der Waals surface area contributed by atoms with E-state index in [1.807, 2.05) is 47.4 Å². The molecule has 1 aliphatic carbocycles. The molecule has 2 atom stereocenters. The number of allylic oxidation sites excluding steroid dienone is 3. The molecule has 1 aliphatic heterocycles. The van der Waals surface area contributed by atoms with Gasteiger partial charge in [-0.25, -0.2) is 9.97 Å². The number of rotatable bonds is 5. The number of fused-ring (bicyclic) bond motifs is 6. The first-order valence-electron chi connectivity index (χ1n) is 17.0. The van der Waals surface area contributed by atoms with E-state index in [1.54, 1.807) is 0 Å². The maximum atomic E-state index is 5.27. The van der Waals surface area contributed by atoms with Crippen molar-refractivity contribution in [1.29, 1.82) is 0 Å². The molecule has 0 fully saturated rings. The summed E-state index contributed by atoms with van der Waals surface area (Å²) in [7, 11) is 0. The van der Waals surface area contributed by atoms with Crippen molar-refractivity contribution in [3.8, 4) is 56.2 Å². The van der Waals surface area contributed by atoms with Gasteiger partial charge in [-0.3, -0.25) is 0 Å². The molecule has 0 spiro atoms. The van der Waals surface area contributed by atoms with Gasteiger partial charge in [-0.15, -0.1) is 23.1 Å². The first kappa shape index (κ1) is 29.4. The molecule has 0 N–H and O–H groups in total. The minimum absolute atomic E-state index is 0.402. The first-order valence-corrected chi connectivity index (χ1v) is 18.7. The van der Waals surface area contributed by atoms with Crippen molar-refractivity contribution in [2.75, 3.05) is 0 Å². The number of hydrogen-bond acceptors (Lipinski definition) is 4. The Morgan fingerprint density at radius 2 is 1.12 bits per heavy atom. The third-order valence-corrected chi connectivity index (χ3v) is 12.5. The fraction of sp³-hybridized carbons (Fsp3) is 0.0435. The molecule has 2 unspecified atom stereocenters. The summed E-state index contributed by atoms with van der Waals surface area (Å²) >= 11 is 3.86. The summed E-state index contributed by atoms with van der Waals surface area (Å²) in [6, 6.07) is 52.3. The summed E-state index contributed by atoms with van der Waals surface area (Å²) in [6.07, 6.45) is 9.08. The number of aromatic nitrogens is 2. The molecule has 3 heterocycles. The van der Waals surface area contributed by atoms with Crippen LogP contribution in [0.2, 0.25) is 0 Å². The summed E-state index contributed by atoms with van der Waals surface area (Å²) in [5.74, 6) is 1.12.